The second-order valence-corrected chi connectivity index (χ2v) is 3.59. The van der Waals surface area contributed by atoms with Gasteiger partial charge in [-0.2, -0.15) is 0 Å². The minimum atomic E-state index is -0.233. The molecule has 4 heteroatoms. The molecule has 0 aliphatic carbocycles. The monoisotopic (exact) mass is 198 g/mol. The Hall–Kier alpha value is -0.900. The molecule has 0 radical (unpaired) electrons. The molecule has 1 atom stereocenters. The first-order valence-electron chi connectivity index (χ1n) is 5.21. The predicted octanol–water partition coefficient (Wildman–Crippen LogP) is 0.176. The zero-order valence-electron chi connectivity index (χ0n) is 8.88. The van der Waals surface area contributed by atoms with Crippen LogP contribution in [-0.2, 0) is 9.59 Å². The van der Waals surface area contributed by atoms with Crippen LogP contribution < -0.4 is 5.32 Å². The topological polar surface area (TPSA) is 49.4 Å². The van der Waals surface area contributed by atoms with Crippen molar-refractivity contribution in [3.05, 3.63) is 0 Å². The van der Waals surface area contributed by atoms with Crippen molar-refractivity contribution in [2.45, 2.75) is 32.7 Å². The predicted molar refractivity (Wildman–Crippen MR) is 54.0 cm³/mol. The van der Waals surface area contributed by atoms with Crippen LogP contribution in [0.1, 0.15) is 26.7 Å². The Morgan fingerprint density at radius 3 is 2.57 bits per heavy atom. The molecule has 0 saturated carbocycles. The molecule has 1 aliphatic heterocycles. The SMILES string of the molecule is CCN(CC)CC(=O)[C@@H]1CCC(=O)N1. The molecule has 0 aromatic carbocycles. The molecule has 0 spiro atoms. The van der Waals surface area contributed by atoms with Crippen LogP contribution in [-0.4, -0.2) is 42.3 Å². The lowest BCUT2D eigenvalue weighted by Gasteiger charge is -2.19. The molecular weight excluding hydrogens is 180 g/mol. The van der Waals surface area contributed by atoms with E-state index >= 15 is 0 Å². The third kappa shape index (κ3) is 2.80. The Balaban J connectivity index is 2.38. The van der Waals surface area contributed by atoms with E-state index in [1.807, 2.05) is 13.8 Å². The van der Waals surface area contributed by atoms with E-state index in [4.69, 9.17) is 0 Å². The van der Waals surface area contributed by atoms with Crippen molar-refractivity contribution in [3.63, 3.8) is 0 Å². The molecular formula is C10H18N2O2. The van der Waals surface area contributed by atoms with Crippen LogP contribution in [0.15, 0.2) is 0 Å². The molecule has 1 heterocycles. The molecule has 1 amide bonds. The minimum absolute atomic E-state index is 0.00268. The standard InChI is InChI=1S/C10H18N2O2/c1-3-12(4-2)7-9(13)8-5-6-10(14)11-8/h8H,3-7H2,1-2H3,(H,11,14)/t8-/m0/s1. The zero-order chi connectivity index (χ0) is 10.6. The molecule has 4 nitrogen and oxygen atoms in total. The van der Waals surface area contributed by atoms with Crippen LogP contribution >= 0.6 is 0 Å². The van der Waals surface area contributed by atoms with Gasteiger partial charge < -0.3 is 5.32 Å². The maximum Gasteiger partial charge on any atom is 0.220 e. The molecule has 0 bridgehead atoms. The Bertz CT molecular complexity index is 224. The number of Topliss-reactive ketones (excluding diaryl/α,β-unsaturated/α-hetero) is 1. The third-order valence-corrected chi connectivity index (χ3v) is 2.66. The van der Waals surface area contributed by atoms with Gasteiger partial charge in [0.05, 0.1) is 12.6 Å². The second kappa shape index (κ2) is 5.10. The van der Waals surface area contributed by atoms with Gasteiger partial charge in [0.2, 0.25) is 5.91 Å². The third-order valence-electron chi connectivity index (χ3n) is 2.66. The van der Waals surface area contributed by atoms with Gasteiger partial charge in [-0.1, -0.05) is 13.8 Å². The lowest BCUT2D eigenvalue weighted by molar-refractivity contribution is -0.125. The maximum absolute atomic E-state index is 11.7. The minimum Gasteiger partial charge on any atom is -0.346 e. The van der Waals surface area contributed by atoms with Gasteiger partial charge in [-0.15, -0.1) is 0 Å². The molecule has 0 aromatic rings. The molecule has 0 aromatic heterocycles. The number of ketones is 1. The Kier molecular flexibility index (Phi) is 4.07. The lowest BCUT2D eigenvalue weighted by atomic mass is 10.1. The summed E-state index contributed by atoms with van der Waals surface area (Å²) in [5, 5.41) is 2.69. The zero-order valence-corrected chi connectivity index (χ0v) is 8.88. The van der Waals surface area contributed by atoms with Crippen molar-refractivity contribution in [3.8, 4) is 0 Å². The van der Waals surface area contributed by atoms with Gasteiger partial charge in [0.25, 0.3) is 0 Å². The van der Waals surface area contributed by atoms with E-state index in [1.165, 1.54) is 0 Å². The van der Waals surface area contributed by atoms with Gasteiger partial charge in [-0.05, 0) is 19.5 Å². The molecule has 0 unspecified atom stereocenters. The summed E-state index contributed by atoms with van der Waals surface area (Å²) in [5.41, 5.74) is 0. The fourth-order valence-electron chi connectivity index (χ4n) is 1.63. The average Bonchev–Trinajstić information content (AvgIpc) is 2.61. The normalized spacial score (nSPS) is 21.4. The summed E-state index contributed by atoms with van der Waals surface area (Å²) >= 11 is 0. The van der Waals surface area contributed by atoms with Crippen LogP contribution in [0.2, 0.25) is 0 Å². The number of nitrogens with one attached hydrogen (secondary N) is 1. The number of likely N-dealkylation sites (N-methyl/N-ethyl adjacent to an activating group) is 1. The molecule has 1 aliphatic rings. The summed E-state index contributed by atoms with van der Waals surface area (Å²) in [5.74, 6) is 0.141. The second-order valence-electron chi connectivity index (χ2n) is 3.59. The Labute approximate surface area is 84.7 Å². The fourth-order valence-corrected chi connectivity index (χ4v) is 1.63. The van der Waals surface area contributed by atoms with Crippen molar-refractivity contribution in [1.82, 2.24) is 10.2 Å². The van der Waals surface area contributed by atoms with Crippen LogP contribution in [0, 0.1) is 0 Å². The smallest absolute Gasteiger partial charge is 0.220 e. The highest BCUT2D eigenvalue weighted by Crippen LogP contribution is 2.08. The highest BCUT2D eigenvalue weighted by molar-refractivity contribution is 5.93. The molecule has 1 rings (SSSR count). The van der Waals surface area contributed by atoms with Gasteiger partial charge in [-0.3, -0.25) is 14.5 Å². The van der Waals surface area contributed by atoms with E-state index in [2.05, 4.69) is 10.2 Å². The first-order chi connectivity index (χ1) is 6.67. The molecule has 1 N–H and O–H groups in total. The number of hydrogen-bond acceptors (Lipinski definition) is 3. The highest BCUT2D eigenvalue weighted by Gasteiger charge is 2.27. The highest BCUT2D eigenvalue weighted by atomic mass is 16.2. The van der Waals surface area contributed by atoms with Gasteiger partial charge >= 0.3 is 0 Å². The van der Waals surface area contributed by atoms with E-state index in [-0.39, 0.29) is 17.7 Å². The Morgan fingerprint density at radius 2 is 2.14 bits per heavy atom. The van der Waals surface area contributed by atoms with Gasteiger partial charge in [0, 0.05) is 6.42 Å². The largest absolute Gasteiger partial charge is 0.346 e. The molecule has 1 saturated heterocycles. The van der Waals surface area contributed by atoms with Gasteiger partial charge in [0.15, 0.2) is 5.78 Å². The summed E-state index contributed by atoms with van der Waals surface area (Å²) in [6.45, 7) is 6.28. The summed E-state index contributed by atoms with van der Waals surface area (Å²) in [7, 11) is 0. The van der Waals surface area contributed by atoms with Crippen molar-refractivity contribution in [1.29, 1.82) is 0 Å². The lowest BCUT2D eigenvalue weighted by Crippen LogP contribution is -2.40. The quantitative estimate of drug-likeness (QED) is 0.685. The van der Waals surface area contributed by atoms with Crippen LogP contribution in [0.3, 0.4) is 0 Å². The molecule has 14 heavy (non-hydrogen) atoms. The molecule has 80 valence electrons. The van der Waals surface area contributed by atoms with E-state index in [0.29, 0.717) is 19.4 Å². The van der Waals surface area contributed by atoms with E-state index in [9.17, 15) is 9.59 Å². The maximum atomic E-state index is 11.7. The van der Waals surface area contributed by atoms with Crippen molar-refractivity contribution in [2.75, 3.05) is 19.6 Å². The van der Waals surface area contributed by atoms with Crippen LogP contribution in [0.25, 0.3) is 0 Å². The Morgan fingerprint density at radius 1 is 1.50 bits per heavy atom. The summed E-state index contributed by atoms with van der Waals surface area (Å²) in [6, 6.07) is -0.233. The van der Waals surface area contributed by atoms with E-state index in [0.717, 1.165) is 13.1 Å². The number of hydrogen-bond donors (Lipinski definition) is 1. The number of amides is 1. The number of carbonyl (C=O) groups is 2. The summed E-state index contributed by atoms with van der Waals surface area (Å²) in [6.07, 6.45) is 1.16. The fraction of sp³-hybridized carbons (Fsp3) is 0.800. The van der Waals surface area contributed by atoms with Gasteiger partial charge in [0.1, 0.15) is 0 Å². The number of rotatable bonds is 5. The number of nitrogens with zero attached hydrogens (tertiary/aromatic N) is 1. The average molecular weight is 198 g/mol. The van der Waals surface area contributed by atoms with E-state index < -0.39 is 0 Å². The van der Waals surface area contributed by atoms with Crippen molar-refractivity contribution in [2.24, 2.45) is 0 Å². The van der Waals surface area contributed by atoms with E-state index in [1.54, 1.807) is 0 Å². The first kappa shape index (κ1) is 11.2. The van der Waals surface area contributed by atoms with Crippen LogP contribution in [0.5, 0.6) is 0 Å². The van der Waals surface area contributed by atoms with Gasteiger partial charge in [-0.25, -0.2) is 0 Å². The summed E-state index contributed by atoms with van der Waals surface area (Å²) in [4.78, 5) is 24.6. The van der Waals surface area contributed by atoms with Crippen LogP contribution in [0.4, 0.5) is 0 Å². The summed E-state index contributed by atoms with van der Waals surface area (Å²) < 4.78 is 0. The number of carbonyl (C=O) groups excluding carboxylic acids is 2. The molecule has 1 fully saturated rings. The van der Waals surface area contributed by atoms with Crippen molar-refractivity contribution >= 4 is 11.7 Å². The first-order valence-corrected chi connectivity index (χ1v) is 5.21. The van der Waals surface area contributed by atoms with Crippen molar-refractivity contribution < 1.29 is 9.59 Å².